The number of rotatable bonds is 8. The van der Waals surface area contributed by atoms with Crippen molar-refractivity contribution in [2.24, 2.45) is 0 Å². The molecule has 146 valence electrons. The Labute approximate surface area is 168 Å². The maximum absolute atomic E-state index is 12.2. The van der Waals surface area contributed by atoms with Crippen molar-refractivity contribution in [3.05, 3.63) is 52.5 Å². The molecule has 2 aromatic carbocycles. The van der Waals surface area contributed by atoms with Crippen LogP contribution in [-0.4, -0.2) is 27.0 Å². The summed E-state index contributed by atoms with van der Waals surface area (Å²) in [5.74, 6) is -0.0564. The quantitative estimate of drug-likeness (QED) is 0.660. The zero-order valence-corrected chi connectivity index (χ0v) is 17.2. The topological polar surface area (TPSA) is 84.5 Å². The molecule has 9 heteroatoms. The molecule has 1 amide bonds. The molecule has 27 heavy (non-hydrogen) atoms. The summed E-state index contributed by atoms with van der Waals surface area (Å²) >= 11 is 11.9. The second-order valence-electron chi connectivity index (χ2n) is 5.86. The number of hydrogen-bond donors (Lipinski definition) is 2. The summed E-state index contributed by atoms with van der Waals surface area (Å²) in [4.78, 5) is 12.1. The normalized spacial score (nSPS) is 12.4. The Bertz CT molecular complexity index is 902. The van der Waals surface area contributed by atoms with E-state index < -0.39 is 15.9 Å². The Hall–Kier alpha value is -1.80. The first-order valence-electron chi connectivity index (χ1n) is 8.21. The number of benzene rings is 2. The van der Waals surface area contributed by atoms with E-state index in [1.54, 1.807) is 19.1 Å². The highest BCUT2D eigenvalue weighted by Crippen LogP contribution is 2.25. The average Bonchev–Trinajstić information content (AvgIpc) is 2.63. The Morgan fingerprint density at radius 3 is 2.44 bits per heavy atom. The molecule has 6 nitrogen and oxygen atoms in total. The summed E-state index contributed by atoms with van der Waals surface area (Å²) in [6.45, 7) is 3.42. The first kappa shape index (κ1) is 21.5. The lowest BCUT2D eigenvalue weighted by Gasteiger charge is -2.13. The maximum Gasteiger partial charge on any atom is 0.262 e. The summed E-state index contributed by atoms with van der Waals surface area (Å²) in [7, 11) is -3.58. The molecular formula is C18H20Cl2N2O4S. The van der Waals surface area contributed by atoms with E-state index in [9.17, 15) is 13.2 Å². The molecule has 2 rings (SSSR count). The van der Waals surface area contributed by atoms with Crippen LogP contribution in [0.25, 0.3) is 0 Å². The Balaban J connectivity index is 1.95. The molecular weight excluding hydrogens is 411 g/mol. The van der Waals surface area contributed by atoms with Crippen LogP contribution in [0.1, 0.15) is 20.3 Å². The van der Waals surface area contributed by atoms with E-state index >= 15 is 0 Å². The lowest BCUT2D eigenvalue weighted by atomic mass is 10.3. The number of nitrogens with one attached hydrogen (secondary N) is 2. The number of carbonyl (C=O) groups is 1. The monoisotopic (exact) mass is 430 g/mol. The van der Waals surface area contributed by atoms with Crippen LogP contribution >= 0.6 is 23.2 Å². The van der Waals surface area contributed by atoms with Crippen molar-refractivity contribution in [2.45, 2.75) is 31.2 Å². The minimum absolute atomic E-state index is 0.130. The average molecular weight is 431 g/mol. The van der Waals surface area contributed by atoms with Gasteiger partial charge >= 0.3 is 0 Å². The van der Waals surface area contributed by atoms with Crippen molar-refractivity contribution >= 4 is 44.8 Å². The number of sulfonamides is 1. The van der Waals surface area contributed by atoms with Crippen molar-refractivity contribution in [3.63, 3.8) is 0 Å². The van der Waals surface area contributed by atoms with Gasteiger partial charge in [0, 0.05) is 11.1 Å². The van der Waals surface area contributed by atoms with Gasteiger partial charge in [-0.1, -0.05) is 30.1 Å². The van der Waals surface area contributed by atoms with Gasteiger partial charge in [-0.2, -0.15) is 0 Å². The molecule has 0 aliphatic carbocycles. The number of halogens is 2. The third-order valence-electron chi connectivity index (χ3n) is 3.68. The van der Waals surface area contributed by atoms with Crippen LogP contribution in [0.5, 0.6) is 5.75 Å². The van der Waals surface area contributed by atoms with Crippen LogP contribution < -0.4 is 14.8 Å². The van der Waals surface area contributed by atoms with Gasteiger partial charge in [0.25, 0.3) is 5.91 Å². The van der Waals surface area contributed by atoms with Crippen molar-refractivity contribution in [3.8, 4) is 5.75 Å². The van der Waals surface area contributed by atoms with Crippen molar-refractivity contribution in [1.29, 1.82) is 0 Å². The minimum atomic E-state index is -3.58. The van der Waals surface area contributed by atoms with Gasteiger partial charge in [-0.25, -0.2) is 13.1 Å². The largest absolute Gasteiger partial charge is 0.484 e. The van der Waals surface area contributed by atoms with Crippen LogP contribution in [0.2, 0.25) is 10.0 Å². The summed E-state index contributed by atoms with van der Waals surface area (Å²) in [6.07, 6.45) is 0.687. The maximum atomic E-state index is 12.2. The first-order valence-corrected chi connectivity index (χ1v) is 10.4. The molecule has 0 radical (unpaired) electrons. The molecule has 0 saturated carbocycles. The van der Waals surface area contributed by atoms with Crippen LogP contribution in [-0.2, 0) is 14.8 Å². The van der Waals surface area contributed by atoms with E-state index in [1.807, 2.05) is 6.92 Å². The van der Waals surface area contributed by atoms with E-state index in [1.165, 1.54) is 30.3 Å². The summed E-state index contributed by atoms with van der Waals surface area (Å²) in [5.41, 5.74) is 0.385. The van der Waals surface area contributed by atoms with Crippen molar-refractivity contribution in [2.75, 3.05) is 11.9 Å². The van der Waals surface area contributed by atoms with Crippen LogP contribution in [0.3, 0.4) is 0 Å². The highest BCUT2D eigenvalue weighted by Gasteiger charge is 2.16. The SMILES string of the molecule is CC[C@H](C)NS(=O)(=O)c1ccc(OCC(=O)Nc2cc(Cl)ccc2Cl)cc1. The highest BCUT2D eigenvalue weighted by atomic mass is 35.5. The second kappa shape index (κ2) is 9.41. The fourth-order valence-electron chi connectivity index (χ4n) is 2.06. The molecule has 0 saturated heterocycles. The predicted octanol–water partition coefficient (Wildman–Crippen LogP) is 4.09. The van der Waals surface area contributed by atoms with Crippen molar-refractivity contribution < 1.29 is 17.9 Å². The van der Waals surface area contributed by atoms with E-state index in [0.29, 0.717) is 27.9 Å². The van der Waals surface area contributed by atoms with Gasteiger partial charge in [-0.3, -0.25) is 4.79 Å². The lowest BCUT2D eigenvalue weighted by molar-refractivity contribution is -0.118. The van der Waals surface area contributed by atoms with E-state index in [0.717, 1.165) is 0 Å². The van der Waals surface area contributed by atoms with E-state index in [2.05, 4.69) is 10.0 Å². The second-order valence-corrected chi connectivity index (χ2v) is 8.42. The third-order valence-corrected chi connectivity index (χ3v) is 5.85. The van der Waals surface area contributed by atoms with Gasteiger partial charge in [0.2, 0.25) is 10.0 Å². The van der Waals surface area contributed by atoms with Gasteiger partial charge in [-0.15, -0.1) is 0 Å². The molecule has 2 aromatic rings. The van der Waals surface area contributed by atoms with Gasteiger partial charge in [0.1, 0.15) is 5.75 Å². The highest BCUT2D eigenvalue weighted by molar-refractivity contribution is 7.89. The van der Waals surface area contributed by atoms with E-state index in [-0.39, 0.29) is 17.5 Å². The predicted molar refractivity (Wildman–Crippen MR) is 107 cm³/mol. The molecule has 0 bridgehead atoms. The first-order chi connectivity index (χ1) is 12.7. The molecule has 0 fully saturated rings. The number of amides is 1. The van der Waals surface area contributed by atoms with Crippen LogP contribution in [0.4, 0.5) is 5.69 Å². The number of anilines is 1. The zero-order valence-electron chi connectivity index (χ0n) is 14.8. The molecule has 0 unspecified atom stereocenters. The number of ether oxygens (including phenoxy) is 1. The third kappa shape index (κ3) is 6.39. The van der Waals surface area contributed by atoms with Gasteiger partial charge < -0.3 is 10.1 Å². The summed E-state index contributed by atoms with van der Waals surface area (Å²) in [5, 5.41) is 3.40. The van der Waals surface area contributed by atoms with Gasteiger partial charge in [0.05, 0.1) is 15.6 Å². The van der Waals surface area contributed by atoms with Crippen molar-refractivity contribution in [1.82, 2.24) is 4.72 Å². The Morgan fingerprint density at radius 2 is 1.81 bits per heavy atom. The minimum Gasteiger partial charge on any atom is -0.484 e. The van der Waals surface area contributed by atoms with Crippen LogP contribution in [0, 0.1) is 0 Å². The Kier molecular flexibility index (Phi) is 7.49. The fourth-order valence-corrected chi connectivity index (χ4v) is 3.72. The molecule has 0 aliphatic rings. The molecule has 2 N–H and O–H groups in total. The van der Waals surface area contributed by atoms with Gasteiger partial charge in [-0.05, 0) is 55.8 Å². The molecule has 0 spiro atoms. The summed E-state index contributed by atoms with van der Waals surface area (Å²) in [6, 6.07) is 10.4. The van der Waals surface area contributed by atoms with E-state index in [4.69, 9.17) is 27.9 Å². The smallest absolute Gasteiger partial charge is 0.262 e. The molecule has 0 aromatic heterocycles. The number of hydrogen-bond acceptors (Lipinski definition) is 4. The molecule has 0 heterocycles. The molecule has 0 aliphatic heterocycles. The summed E-state index contributed by atoms with van der Waals surface area (Å²) < 4.78 is 32.4. The molecule has 1 atom stereocenters. The zero-order chi connectivity index (χ0) is 20.0. The number of carbonyl (C=O) groups excluding carboxylic acids is 1. The standard InChI is InChI=1S/C18H20Cl2N2O4S/c1-3-12(2)22-27(24,25)15-7-5-14(6-8-15)26-11-18(23)21-17-10-13(19)4-9-16(17)20/h4-10,12,22H,3,11H2,1-2H3,(H,21,23)/t12-/m0/s1. The lowest BCUT2D eigenvalue weighted by Crippen LogP contribution is -2.31. The fraction of sp³-hybridized carbons (Fsp3) is 0.278. The Morgan fingerprint density at radius 1 is 1.15 bits per heavy atom. The van der Waals surface area contributed by atoms with Crippen LogP contribution in [0.15, 0.2) is 47.4 Å². The van der Waals surface area contributed by atoms with Gasteiger partial charge in [0.15, 0.2) is 6.61 Å².